The van der Waals surface area contributed by atoms with Gasteiger partial charge in [-0.1, -0.05) is 6.07 Å². The van der Waals surface area contributed by atoms with Gasteiger partial charge in [0.25, 0.3) is 0 Å². The Labute approximate surface area is 155 Å². The quantitative estimate of drug-likeness (QED) is 0.803. The van der Waals surface area contributed by atoms with Crippen molar-refractivity contribution < 1.29 is 23.8 Å². The third kappa shape index (κ3) is 4.40. The van der Waals surface area contributed by atoms with Gasteiger partial charge < -0.3 is 15.1 Å². The molecule has 0 saturated carbocycles. The number of hydrogen-bond donors (Lipinski definition) is 2. The number of benzene rings is 1. The number of carboxylic acids is 1. The van der Waals surface area contributed by atoms with Gasteiger partial charge in [0.2, 0.25) is 0 Å². The molecule has 1 saturated heterocycles. The van der Waals surface area contributed by atoms with Crippen molar-refractivity contribution in [3.8, 4) is 0 Å². The molecule has 1 fully saturated rings. The van der Waals surface area contributed by atoms with E-state index in [4.69, 9.17) is 0 Å². The van der Waals surface area contributed by atoms with Crippen LogP contribution in [0.5, 0.6) is 0 Å². The number of anilines is 1. The lowest BCUT2D eigenvalue weighted by Gasteiger charge is -2.42. The SMILES string of the molecule is O=C(O)c1cccnc1N1CCN(Cc2ccc(F)c(F)c2)[C@H](CCO)C1. The van der Waals surface area contributed by atoms with E-state index in [1.807, 2.05) is 4.90 Å². The summed E-state index contributed by atoms with van der Waals surface area (Å²) in [4.78, 5) is 19.7. The van der Waals surface area contributed by atoms with Crippen molar-refractivity contribution in [3.63, 3.8) is 0 Å². The molecular weight excluding hydrogens is 356 g/mol. The van der Waals surface area contributed by atoms with Crippen LogP contribution in [0.2, 0.25) is 0 Å². The molecule has 1 aliphatic rings. The zero-order chi connectivity index (χ0) is 19.4. The number of aliphatic hydroxyl groups is 1. The van der Waals surface area contributed by atoms with Crippen molar-refractivity contribution in [3.05, 3.63) is 59.3 Å². The molecule has 144 valence electrons. The maximum absolute atomic E-state index is 13.5. The Bertz CT molecular complexity index is 819. The fourth-order valence-electron chi connectivity index (χ4n) is 3.40. The summed E-state index contributed by atoms with van der Waals surface area (Å²) in [5.41, 5.74) is 0.781. The molecule has 0 bridgehead atoms. The van der Waals surface area contributed by atoms with Crippen LogP contribution in [-0.4, -0.2) is 58.3 Å². The van der Waals surface area contributed by atoms with Gasteiger partial charge in [-0.15, -0.1) is 0 Å². The maximum atomic E-state index is 13.5. The Morgan fingerprint density at radius 2 is 2.04 bits per heavy atom. The van der Waals surface area contributed by atoms with Gasteiger partial charge in [-0.05, 0) is 36.2 Å². The van der Waals surface area contributed by atoms with Crippen LogP contribution in [0.15, 0.2) is 36.5 Å². The lowest BCUT2D eigenvalue weighted by molar-refractivity contribution is 0.0696. The molecule has 0 unspecified atom stereocenters. The Balaban J connectivity index is 1.77. The number of pyridine rings is 1. The summed E-state index contributed by atoms with van der Waals surface area (Å²) in [6.07, 6.45) is 2.03. The number of piperazine rings is 1. The molecule has 2 N–H and O–H groups in total. The predicted molar refractivity (Wildman–Crippen MR) is 95.7 cm³/mol. The van der Waals surface area contributed by atoms with Gasteiger partial charge in [-0.25, -0.2) is 18.6 Å². The summed E-state index contributed by atoms with van der Waals surface area (Å²) >= 11 is 0. The number of nitrogens with zero attached hydrogens (tertiary/aromatic N) is 3. The fourth-order valence-corrected chi connectivity index (χ4v) is 3.40. The van der Waals surface area contributed by atoms with Crippen molar-refractivity contribution >= 4 is 11.8 Å². The highest BCUT2D eigenvalue weighted by molar-refractivity contribution is 5.93. The molecular formula is C19H21F2N3O3. The topological polar surface area (TPSA) is 76.9 Å². The van der Waals surface area contributed by atoms with Crippen LogP contribution >= 0.6 is 0 Å². The van der Waals surface area contributed by atoms with Crippen molar-refractivity contribution in [2.45, 2.75) is 19.0 Å². The van der Waals surface area contributed by atoms with Crippen molar-refractivity contribution in [1.82, 2.24) is 9.88 Å². The minimum atomic E-state index is -1.04. The Hall–Kier alpha value is -2.58. The smallest absolute Gasteiger partial charge is 0.339 e. The first-order valence-corrected chi connectivity index (χ1v) is 8.71. The average molecular weight is 377 g/mol. The van der Waals surface area contributed by atoms with E-state index in [0.717, 1.165) is 6.07 Å². The van der Waals surface area contributed by atoms with Crippen LogP contribution in [0.3, 0.4) is 0 Å². The van der Waals surface area contributed by atoms with Crippen LogP contribution < -0.4 is 4.90 Å². The van der Waals surface area contributed by atoms with E-state index in [1.165, 1.54) is 12.1 Å². The molecule has 27 heavy (non-hydrogen) atoms. The number of carboxylic acid groups (broad SMARTS) is 1. The predicted octanol–water partition coefficient (Wildman–Crippen LogP) is 2.13. The van der Waals surface area contributed by atoms with E-state index in [1.54, 1.807) is 18.3 Å². The minimum Gasteiger partial charge on any atom is -0.478 e. The molecule has 3 rings (SSSR count). The molecule has 2 heterocycles. The zero-order valence-electron chi connectivity index (χ0n) is 14.7. The number of rotatable bonds is 6. The first kappa shape index (κ1) is 19.2. The molecule has 6 nitrogen and oxygen atoms in total. The monoisotopic (exact) mass is 377 g/mol. The van der Waals surface area contributed by atoms with E-state index in [-0.39, 0.29) is 18.2 Å². The van der Waals surface area contributed by atoms with Gasteiger partial charge in [0.1, 0.15) is 11.4 Å². The summed E-state index contributed by atoms with van der Waals surface area (Å²) in [5.74, 6) is -2.40. The van der Waals surface area contributed by atoms with Crippen LogP contribution in [0.1, 0.15) is 22.3 Å². The van der Waals surface area contributed by atoms with Gasteiger partial charge in [-0.3, -0.25) is 4.90 Å². The number of halogens is 2. The maximum Gasteiger partial charge on any atom is 0.339 e. The largest absolute Gasteiger partial charge is 0.478 e. The zero-order valence-corrected chi connectivity index (χ0v) is 14.7. The molecule has 0 amide bonds. The van der Waals surface area contributed by atoms with Gasteiger partial charge >= 0.3 is 5.97 Å². The van der Waals surface area contributed by atoms with Crippen LogP contribution in [0.25, 0.3) is 0 Å². The molecule has 0 radical (unpaired) electrons. The van der Waals surface area contributed by atoms with Crippen molar-refractivity contribution in [2.75, 3.05) is 31.1 Å². The molecule has 1 aliphatic heterocycles. The molecule has 0 aliphatic carbocycles. The highest BCUT2D eigenvalue weighted by Gasteiger charge is 2.29. The summed E-state index contributed by atoms with van der Waals surface area (Å²) in [7, 11) is 0. The van der Waals surface area contributed by atoms with Crippen molar-refractivity contribution in [1.29, 1.82) is 0 Å². The average Bonchev–Trinajstić information content (AvgIpc) is 2.66. The molecule has 1 atom stereocenters. The number of aromatic nitrogens is 1. The van der Waals surface area contributed by atoms with E-state index in [0.29, 0.717) is 44.0 Å². The first-order chi connectivity index (χ1) is 13.0. The molecule has 2 aromatic rings. The van der Waals surface area contributed by atoms with E-state index in [9.17, 15) is 23.8 Å². The molecule has 0 spiro atoms. The summed E-state index contributed by atoms with van der Waals surface area (Å²) in [6.45, 7) is 2.01. The second kappa shape index (κ2) is 8.41. The molecule has 1 aromatic carbocycles. The fraction of sp³-hybridized carbons (Fsp3) is 0.368. The normalized spacial score (nSPS) is 17.9. The number of hydrogen-bond acceptors (Lipinski definition) is 5. The van der Waals surface area contributed by atoms with E-state index in [2.05, 4.69) is 9.88 Å². The molecule has 1 aromatic heterocycles. The number of aromatic carboxylic acids is 1. The summed E-state index contributed by atoms with van der Waals surface area (Å²) in [5, 5.41) is 18.8. The second-order valence-electron chi connectivity index (χ2n) is 6.51. The lowest BCUT2D eigenvalue weighted by atomic mass is 10.1. The van der Waals surface area contributed by atoms with E-state index >= 15 is 0 Å². The standard InChI is InChI=1S/C19H21F2N3O3/c20-16-4-3-13(10-17(16)21)11-23-7-8-24(12-14(23)5-9-25)18-15(19(26)27)2-1-6-22-18/h1-4,6,10,14,25H,5,7-9,11-12H2,(H,26,27)/t14-/m1/s1. The van der Waals surface area contributed by atoms with Gasteiger partial charge in [-0.2, -0.15) is 0 Å². The number of aliphatic hydroxyl groups excluding tert-OH is 1. The highest BCUT2D eigenvalue weighted by atomic mass is 19.2. The highest BCUT2D eigenvalue weighted by Crippen LogP contribution is 2.24. The third-order valence-electron chi connectivity index (χ3n) is 4.75. The summed E-state index contributed by atoms with van der Waals surface area (Å²) in [6, 6.07) is 6.85. The van der Waals surface area contributed by atoms with Gasteiger partial charge in [0.15, 0.2) is 11.6 Å². The third-order valence-corrected chi connectivity index (χ3v) is 4.75. The first-order valence-electron chi connectivity index (χ1n) is 8.71. The number of carbonyl (C=O) groups is 1. The Morgan fingerprint density at radius 1 is 1.22 bits per heavy atom. The van der Waals surface area contributed by atoms with Crippen LogP contribution in [0, 0.1) is 11.6 Å². The van der Waals surface area contributed by atoms with Crippen LogP contribution in [0.4, 0.5) is 14.6 Å². The Kier molecular flexibility index (Phi) is 5.98. The summed E-state index contributed by atoms with van der Waals surface area (Å²) < 4.78 is 26.6. The van der Waals surface area contributed by atoms with Gasteiger partial charge in [0, 0.05) is 45.0 Å². The van der Waals surface area contributed by atoms with E-state index < -0.39 is 17.6 Å². The second-order valence-corrected chi connectivity index (χ2v) is 6.51. The van der Waals surface area contributed by atoms with Crippen LogP contribution in [-0.2, 0) is 6.54 Å². The Morgan fingerprint density at radius 3 is 2.74 bits per heavy atom. The molecule has 8 heteroatoms. The van der Waals surface area contributed by atoms with Gasteiger partial charge in [0.05, 0.1) is 0 Å². The van der Waals surface area contributed by atoms with Crippen molar-refractivity contribution in [2.24, 2.45) is 0 Å². The minimum absolute atomic E-state index is 0.0270. The lowest BCUT2D eigenvalue weighted by Crippen LogP contribution is -2.53.